The molecule has 5 nitrogen and oxygen atoms in total. The number of benzene rings is 2. The summed E-state index contributed by atoms with van der Waals surface area (Å²) in [7, 11) is -3.45. The fraction of sp³-hybridized carbons (Fsp3) is 0.400. The van der Waals surface area contributed by atoms with Gasteiger partial charge in [0.1, 0.15) is 0 Å². The Morgan fingerprint density at radius 2 is 1.62 bits per heavy atom. The third kappa shape index (κ3) is 4.77. The predicted octanol–water partition coefficient (Wildman–Crippen LogP) is 3.86. The van der Waals surface area contributed by atoms with Gasteiger partial charge in [0.05, 0.1) is 0 Å². The SMILES string of the molecule is CCN(Cc1ccccc1)c1ccc(NS(=O)(=O)N2CCCCC2)cc1. The van der Waals surface area contributed by atoms with Crippen LogP contribution in [0.15, 0.2) is 54.6 Å². The van der Waals surface area contributed by atoms with Crippen molar-refractivity contribution in [2.24, 2.45) is 0 Å². The van der Waals surface area contributed by atoms with Crippen LogP contribution in [0.4, 0.5) is 11.4 Å². The van der Waals surface area contributed by atoms with E-state index >= 15 is 0 Å². The number of hydrogen-bond acceptors (Lipinski definition) is 3. The van der Waals surface area contributed by atoms with Gasteiger partial charge in [0, 0.05) is 37.6 Å². The van der Waals surface area contributed by atoms with Crippen LogP contribution in [0, 0.1) is 0 Å². The summed E-state index contributed by atoms with van der Waals surface area (Å²) >= 11 is 0. The monoisotopic (exact) mass is 373 g/mol. The molecule has 1 fully saturated rings. The fourth-order valence-electron chi connectivity index (χ4n) is 3.25. The Kier molecular flexibility index (Phi) is 6.16. The highest BCUT2D eigenvalue weighted by molar-refractivity contribution is 7.90. The molecular weight excluding hydrogens is 346 g/mol. The number of nitrogens with one attached hydrogen (secondary N) is 1. The van der Waals surface area contributed by atoms with Crippen molar-refractivity contribution >= 4 is 21.6 Å². The van der Waals surface area contributed by atoms with Gasteiger partial charge >= 0.3 is 10.2 Å². The van der Waals surface area contributed by atoms with E-state index in [2.05, 4.69) is 28.7 Å². The van der Waals surface area contributed by atoms with E-state index in [1.54, 1.807) is 0 Å². The molecule has 0 atom stereocenters. The van der Waals surface area contributed by atoms with Crippen molar-refractivity contribution in [1.82, 2.24) is 4.31 Å². The van der Waals surface area contributed by atoms with Crippen LogP contribution in [0.5, 0.6) is 0 Å². The quantitative estimate of drug-likeness (QED) is 0.802. The van der Waals surface area contributed by atoms with Gasteiger partial charge in [-0.15, -0.1) is 0 Å². The lowest BCUT2D eigenvalue weighted by Gasteiger charge is -2.26. The lowest BCUT2D eigenvalue weighted by Crippen LogP contribution is -2.39. The molecule has 2 aromatic rings. The number of anilines is 2. The average Bonchev–Trinajstić information content (AvgIpc) is 2.68. The van der Waals surface area contributed by atoms with Gasteiger partial charge in [0.2, 0.25) is 0 Å². The number of hydrogen-bond donors (Lipinski definition) is 1. The van der Waals surface area contributed by atoms with Crippen molar-refractivity contribution in [1.29, 1.82) is 0 Å². The topological polar surface area (TPSA) is 52.7 Å². The number of nitrogens with zero attached hydrogens (tertiary/aromatic N) is 2. The summed E-state index contributed by atoms with van der Waals surface area (Å²) in [4.78, 5) is 2.26. The highest BCUT2D eigenvalue weighted by Crippen LogP contribution is 2.22. The summed E-state index contributed by atoms with van der Waals surface area (Å²) in [5, 5.41) is 0. The maximum absolute atomic E-state index is 12.5. The van der Waals surface area contributed by atoms with Crippen LogP contribution in [0.25, 0.3) is 0 Å². The molecule has 26 heavy (non-hydrogen) atoms. The Morgan fingerprint density at radius 1 is 0.962 bits per heavy atom. The first-order valence-corrected chi connectivity index (χ1v) is 10.7. The molecule has 6 heteroatoms. The molecule has 0 unspecified atom stereocenters. The normalized spacial score (nSPS) is 15.6. The maximum Gasteiger partial charge on any atom is 0.301 e. The zero-order valence-electron chi connectivity index (χ0n) is 15.3. The Bertz CT molecular complexity index is 786. The molecule has 2 aromatic carbocycles. The van der Waals surface area contributed by atoms with Crippen molar-refractivity contribution in [2.75, 3.05) is 29.3 Å². The average molecular weight is 374 g/mol. The second kappa shape index (κ2) is 8.56. The Hall–Kier alpha value is -2.05. The molecule has 0 bridgehead atoms. The molecule has 0 saturated carbocycles. The molecule has 0 amide bonds. The number of rotatable bonds is 7. The van der Waals surface area contributed by atoms with Crippen LogP contribution in [0.3, 0.4) is 0 Å². The summed E-state index contributed by atoms with van der Waals surface area (Å²) in [6, 6.07) is 18.0. The summed E-state index contributed by atoms with van der Waals surface area (Å²) in [6.07, 6.45) is 2.98. The molecule has 0 aliphatic carbocycles. The van der Waals surface area contributed by atoms with Crippen LogP contribution in [-0.2, 0) is 16.8 Å². The van der Waals surface area contributed by atoms with E-state index in [1.165, 1.54) is 9.87 Å². The van der Waals surface area contributed by atoms with E-state index in [0.29, 0.717) is 18.8 Å². The lowest BCUT2D eigenvalue weighted by atomic mass is 10.2. The smallest absolute Gasteiger partial charge is 0.301 e. The van der Waals surface area contributed by atoms with Crippen molar-refractivity contribution in [3.8, 4) is 0 Å². The third-order valence-corrected chi connectivity index (χ3v) is 6.27. The van der Waals surface area contributed by atoms with E-state index < -0.39 is 10.2 Å². The third-order valence-electron chi connectivity index (χ3n) is 4.73. The fourth-order valence-corrected chi connectivity index (χ4v) is 4.55. The van der Waals surface area contributed by atoms with Crippen molar-refractivity contribution < 1.29 is 8.42 Å². The van der Waals surface area contributed by atoms with Crippen LogP contribution >= 0.6 is 0 Å². The van der Waals surface area contributed by atoms with Gasteiger partial charge in [-0.25, -0.2) is 0 Å². The molecule has 1 saturated heterocycles. The van der Waals surface area contributed by atoms with E-state index in [9.17, 15) is 8.42 Å². The first-order valence-electron chi connectivity index (χ1n) is 9.25. The summed E-state index contributed by atoms with van der Waals surface area (Å²) in [5.41, 5.74) is 2.94. The van der Waals surface area contributed by atoms with Crippen molar-refractivity contribution in [3.63, 3.8) is 0 Å². The standard InChI is InChI=1S/C20H27N3O2S/c1-2-22(17-18-9-5-3-6-10-18)20-13-11-19(12-14-20)21-26(24,25)23-15-7-4-8-16-23/h3,5-6,9-14,21H,2,4,7-8,15-17H2,1H3. The van der Waals surface area contributed by atoms with Gasteiger partial charge < -0.3 is 4.90 Å². The molecule has 1 aliphatic rings. The highest BCUT2D eigenvalue weighted by atomic mass is 32.2. The van der Waals surface area contributed by atoms with E-state index in [0.717, 1.165) is 38.0 Å². The lowest BCUT2D eigenvalue weighted by molar-refractivity contribution is 0.349. The van der Waals surface area contributed by atoms with Crippen molar-refractivity contribution in [3.05, 3.63) is 60.2 Å². The van der Waals surface area contributed by atoms with Gasteiger partial charge in [-0.2, -0.15) is 12.7 Å². The Labute approximate surface area is 156 Å². The zero-order chi connectivity index (χ0) is 18.4. The summed E-state index contributed by atoms with van der Waals surface area (Å²) in [5.74, 6) is 0. The second-order valence-corrected chi connectivity index (χ2v) is 8.28. The van der Waals surface area contributed by atoms with Gasteiger partial charge in [-0.1, -0.05) is 36.8 Å². The minimum atomic E-state index is -3.45. The van der Waals surface area contributed by atoms with Crippen LogP contribution in [0.2, 0.25) is 0 Å². The van der Waals surface area contributed by atoms with Crippen LogP contribution < -0.4 is 9.62 Å². The molecule has 140 valence electrons. The molecule has 0 spiro atoms. The maximum atomic E-state index is 12.5. The second-order valence-electron chi connectivity index (χ2n) is 6.61. The molecular formula is C20H27N3O2S. The zero-order valence-corrected chi connectivity index (χ0v) is 16.1. The largest absolute Gasteiger partial charge is 0.367 e. The Balaban J connectivity index is 1.67. The summed E-state index contributed by atoms with van der Waals surface area (Å²) < 4.78 is 29.2. The van der Waals surface area contributed by atoms with Crippen LogP contribution in [0.1, 0.15) is 31.7 Å². The first kappa shape index (κ1) is 18.7. The minimum absolute atomic E-state index is 0.605. The molecule has 3 rings (SSSR count). The van der Waals surface area contributed by atoms with Gasteiger partial charge in [0.25, 0.3) is 0 Å². The molecule has 1 N–H and O–H groups in total. The minimum Gasteiger partial charge on any atom is -0.367 e. The Morgan fingerprint density at radius 3 is 2.23 bits per heavy atom. The van der Waals surface area contributed by atoms with E-state index in [-0.39, 0.29) is 0 Å². The van der Waals surface area contributed by atoms with Gasteiger partial charge in [-0.3, -0.25) is 4.72 Å². The molecule has 1 heterocycles. The summed E-state index contributed by atoms with van der Waals surface area (Å²) in [6.45, 7) is 5.04. The van der Waals surface area contributed by atoms with Gasteiger partial charge in [0.15, 0.2) is 0 Å². The van der Waals surface area contributed by atoms with Gasteiger partial charge in [-0.05, 0) is 49.6 Å². The molecule has 0 aromatic heterocycles. The highest BCUT2D eigenvalue weighted by Gasteiger charge is 2.23. The van der Waals surface area contributed by atoms with Crippen LogP contribution in [-0.4, -0.2) is 32.4 Å². The predicted molar refractivity (Wildman–Crippen MR) is 108 cm³/mol. The molecule has 1 aliphatic heterocycles. The molecule has 0 radical (unpaired) electrons. The first-order chi connectivity index (χ1) is 12.6. The van der Waals surface area contributed by atoms with E-state index in [1.807, 2.05) is 42.5 Å². The van der Waals surface area contributed by atoms with Crippen molar-refractivity contribution in [2.45, 2.75) is 32.7 Å². The van der Waals surface area contributed by atoms with E-state index in [4.69, 9.17) is 0 Å². The number of piperidine rings is 1.